The van der Waals surface area contributed by atoms with Gasteiger partial charge in [-0.1, -0.05) is 50.2 Å². The number of phenols is 1. The second-order valence-corrected chi connectivity index (χ2v) is 9.17. The van der Waals surface area contributed by atoms with Gasteiger partial charge in [-0.3, -0.25) is 24.6 Å². The van der Waals surface area contributed by atoms with Crippen LogP contribution >= 0.6 is 0 Å². The number of fused-ring (bicyclic) bond motifs is 1. The number of aromatic hydroxyl groups is 1. The van der Waals surface area contributed by atoms with Crippen molar-refractivity contribution < 1.29 is 29.3 Å². The summed E-state index contributed by atoms with van der Waals surface area (Å²) in [5.41, 5.74) is -0.491. The molecule has 4 rings (SSSR count). The van der Waals surface area contributed by atoms with Gasteiger partial charge in [-0.25, -0.2) is 0 Å². The Kier molecular flexibility index (Phi) is 5.88. The van der Waals surface area contributed by atoms with Crippen LogP contribution in [0.2, 0.25) is 0 Å². The molecule has 4 atom stereocenters. The van der Waals surface area contributed by atoms with Crippen LogP contribution in [0.5, 0.6) is 11.5 Å². The molecule has 0 bridgehead atoms. The summed E-state index contributed by atoms with van der Waals surface area (Å²) in [4.78, 5) is 41.0. The molecule has 2 fully saturated rings. The minimum atomic E-state index is -1.63. The van der Waals surface area contributed by atoms with Gasteiger partial charge in [0.05, 0.1) is 25.5 Å². The maximum Gasteiger partial charge on any atom is 0.324 e. The highest BCUT2D eigenvalue weighted by molar-refractivity contribution is 6.09. The maximum absolute atomic E-state index is 13.6. The second-order valence-electron chi connectivity index (χ2n) is 9.17. The number of aliphatic carboxylic acids is 1. The average molecular weight is 453 g/mol. The Balaban J connectivity index is 1.81. The first-order valence-electron chi connectivity index (χ1n) is 11.0. The van der Waals surface area contributed by atoms with Gasteiger partial charge in [-0.05, 0) is 24.0 Å². The van der Waals surface area contributed by atoms with Crippen LogP contribution in [0.25, 0.3) is 0 Å². The summed E-state index contributed by atoms with van der Waals surface area (Å²) in [7, 11) is 1.47. The fourth-order valence-electron chi connectivity index (χ4n) is 5.28. The Morgan fingerprint density at radius 3 is 2.42 bits per heavy atom. The fourth-order valence-corrected chi connectivity index (χ4v) is 5.28. The summed E-state index contributed by atoms with van der Waals surface area (Å²) in [6.45, 7) is 3.83. The smallest absolute Gasteiger partial charge is 0.324 e. The molecular formula is C25H28N2O6. The van der Waals surface area contributed by atoms with Crippen molar-refractivity contribution >= 4 is 17.8 Å². The summed E-state index contributed by atoms with van der Waals surface area (Å²) in [6, 6.07) is 12.9. The molecule has 0 saturated carbocycles. The van der Waals surface area contributed by atoms with Gasteiger partial charge in [-0.15, -0.1) is 0 Å². The fraction of sp³-hybridized carbons (Fsp3) is 0.400. The predicted molar refractivity (Wildman–Crippen MR) is 119 cm³/mol. The van der Waals surface area contributed by atoms with E-state index >= 15 is 0 Å². The molecular weight excluding hydrogens is 424 g/mol. The van der Waals surface area contributed by atoms with Gasteiger partial charge in [-0.2, -0.15) is 0 Å². The third kappa shape index (κ3) is 3.74. The quantitative estimate of drug-likeness (QED) is 0.553. The normalized spacial score (nSPS) is 26.7. The highest BCUT2D eigenvalue weighted by Crippen LogP contribution is 2.52. The predicted octanol–water partition coefficient (Wildman–Crippen LogP) is 2.72. The van der Waals surface area contributed by atoms with Crippen LogP contribution in [0.4, 0.5) is 0 Å². The maximum atomic E-state index is 13.6. The number of carboxylic acid groups (broad SMARTS) is 1. The third-order valence-electron chi connectivity index (χ3n) is 6.61. The average Bonchev–Trinajstić information content (AvgIpc) is 3.24. The van der Waals surface area contributed by atoms with Gasteiger partial charge in [0.1, 0.15) is 17.0 Å². The molecule has 174 valence electrons. The highest BCUT2D eigenvalue weighted by atomic mass is 16.5. The van der Waals surface area contributed by atoms with E-state index in [-0.39, 0.29) is 24.6 Å². The number of phenolic OH excluding ortho intramolecular Hbond substituents is 1. The van der Waals surface area contributed by atoms with Gasteiger partial charge >= 0.3 is 5.97 Å². The van der Waals surface area contributed by atoms with E-state index in [4.69, 9.17) is 4.74 Å². The molecule has 0 aromatic heterocycles. The number of carbonyl (C=O) groups excluding carboxylic acids is 2. The van der Waals surface area contributed by atoms with Crippen molar-refractivity contribution in [2.45, 2.75) is 38.4 Å². The number of hydrogen-bond acceptors (Lipinski definition) is 6. The molecule has 0 unspecified atom stereocenters. The Bertz CT molecular complexity index is 1090. The molecule has 2 heterocycles. The van der Waals surface area contributed by atoms with E-state index in [1.54, 1.807) is 12.1 Å². The third-order valence-corrected chi connectivity index (χ3v) is 6.61. The summed E-state index contributed by atoms with van der Waals surface area (Å²) in [5, 5.41) is 24.1. The van der Waals surface area contributed by atoms with Crippen molar-refractivity contribution in [2.24, 2.45) is 17.8 Å². The molecule has 33 heavy (non-hydrogen) atoms. The molecule has 8 heteroatoms. The number of likely N-dealkylation sites (tertiary alicyclic amines) is 1. The summed E-state index contributed by atoms with van der Waals surface area (Å²) >= 11 is 0. The van der Waals surface area contributed by atoms with Crippen LogP contribution in [0.3, 0.4) is 0 Å². The molecule has 0 aliphatic carbocycles. The van der Waals surface area contributed by atoms with Crippen molar-refractivity contribution in [1.29, 1.82) is 0 Å². The number of imide groups is 1. The lowest BCUT2D eigenvalue weighted by atomic mass is 9.75. The number of carboxylic acids is 1. The van der Waals surface area contributed by atoms with Gasteiger partial charge in [0, 0.05) is 17.7 Å². The largest absolute Gasteiger partial charge is 0.507 e. The van der Waals surface area contributed by atoms with Crippen LogP contribution in [0.15, 0.2) is 48.5 Å². The molecule has 0 spiro atoms. The van der Waals surface area contributed by atoms with Gasteiger partial charge in [0.25, 0.3) is 0 Å². The zero-order chi connectivity index (χ0) is 23.9. The molecule has 0 radical (unpaired) electrons. The van der Waals surface area contributed by atoms with Gasteiger partial charge < -0.3 is 14.9 Å². The SMILES string of the molecule is COc1ccc([C@@H]2N[C@](CC(C)C)(C(=O)O)[C@@H]3C(=O)N(Cc4ccccc4)C(=O)[C@@H]32)c(O)c1. The van der Waals surface area contributed by atoms with Crippen molar-refractivity contribution in [3.05, 3.63) is 59.7 Å². The number of amides is 2. The highest BCUT2D eigenvalue weighted by Gasteiger charge is 2.68. The first kappa shape index (κ1) is 22.8. The van der Waals surface area contributed by atoms with E-state index < -0.39 is 41.2 Å². The minimum Gasteiger partial charge on any atom is -0.507 e. The van der Waals surface area contributed by atoms with Crippen LogP contribution in [-0.2, 0) is 20.9 Å². The van der Waals surface area contributed by atoms with E-state index in [0.29, 0.717) is 11.3 Å². The molecule has 3 N–H and O–H groups in total. The van der Waals surface area contributed by atoms with Crippen molar-refractivity contribution in [3.8, 4) is 11.5 Å². The van der Waals surface area contributed by atoms with Crippen LogP contribution in [0, 0.1) is 17.8 Å². The second kappa shape index (κ2) is 8.51. The summed E-state index contributed by atoms with van der Waals surface area (Å²) < 4.78 is 5.15. The Morgan fingerprint density at radius 1 is 1.15 bits per heavy atom. The number of methoxy groups -OCH3 is 1. The van der Waals surface area contributed by atoms with Crippen molar-refractivity contribution in [2.75, 3.05) is 7.11 Å². The monoisotopic (exact) mass is 452 g/mol. The van der Waals surface area contributed by atoms with Crippen LogP contribution in [0.1, 0.15) is 37.4 Å². The number of benzene rings is 2. The van der Waals surface area contributed by atoms with E-state index in [2.05, 4.69) is 5.32 Å². The lowest BCUT2D eigenvalue weighted by Crippen LogP contribution is -2.56. The molecule has 2 saturated heterocycles. The Hall–Kier alpha value is -3.39. The van der Waals surface area contributed by atoms with Crippen molar-refractivity contribution in [1.82, 2.24) is 10.2 Å². The van der Waals surface area contributed by atoms with E-state index in [0.717, 1.165) is 10.5 Å². The number of hydrogen-bond donors (Lipinski definition) is 3. The van der Waals surface area contributed by atoms with Crippen molar-refractivity contribution in [3.63, 3.8) is 0 Å². The zero-order valence-corrected chi connectivity index (χ0v) is 18.8. The standard InChI is InChI=1S/C25H28N2O6/c1-14(2)12-25(24(31)32)20-19(21(26-25)17-10-9-16(33-3)11-18(17)28)22(29)27(23(20)30)13-15-7-5-4-6-8-15/h4-11,14,19-21,26,28H,12-13H2,1-3H3,(H,31,32)/t19-,20-,21-,25-/m0/s1. The van der Waals surface area contributed by atoms with Crippen LogP contribution in [-0.4, -0.2) is 45.5 Å². The Morgan fingerprint density at radius 2 is 1.85 bits per heavy atom. The zero-order valence-electron chi connectivity index (χ0n) is 18.8. The summed E-state index contributed by atoms with van der Waals surface area (Å²) in [6.07, 6.45) is 0.162. The Labute approximate surface area is 192 Å². The number of carbonyl (C=O) groups is 3. The lowest BCUT2D eigenvalue weighted by molar-refractivity contribution is -0.152. The number of nitrogens with one attached hydrogen (secondary N) is 1. The molecule has 8 nitrogen and oxygen atoms in total. The minimum absolute atomic E-state index is 0.0523. The first-order chi connectivity index (χ1) is 15.7. The number of rotatable bonds is 7. The number of ether oxygens (including phenoxy) is 1. The molecule has 2 amide bonds. The molecule has 2 aliphatic rings. The lowest BCUT2D eigenvalue weighted by Gasteiger charge is -2.32. The topological polar surface area (TPSA) is 116 Å². The van der Waals surface area contributed by atoms with E-state index in [1.807, 2.05) is 44.2 Å². The van der Waals surface area contributed by atoms with E-state index in [1.165, 1.54) is 13.2 Å². The van der Waals surface area contributed by atoms with Gasteiger partial charge in [0.2, 0.25) is 11.8 Å². The molecule has 2 aromatic rings. The summed E-state index contributed by atoms with van der Waals surface area (Å²) in [5.74, 6) is -3.90. The number of nitrogens with zero attached hydrogens (tertiary/aromatic N) is 1. The molecule has 2 aliphatic heterocycles. The van der Waals surface area contributed by atoms with Gasteiger partial charge in [0.15, 0.2) is 0 Å². The first-order valence-corrected chi connectivity index (χ1v) is 11.0. The molecule has 2 aromatic carbocycles. The van der Waals surface area contributed by atoms with E-state index in [9.17, 15) is 24.6 Å². The van der Waals surface area contributed by atoms with Crippen LogP contribution < -0.4 is 10.1 Å².